The predicted molar refractivity (Wildman–Crippen MR) is 221 cm³/mol. The monoisotopic (exact) mass is 808 g/mol. The van der Waals surface area contributed by atoms with Crippen LogP contribution in [0.1, 0.15) is 58.9 Å². The first-order chi connectivity index (χ1) is 27.5. The lowest BCUT2D eigenvalue weighted by atomic mass is 9.83. The molecule has 11 nitrogen and oxygen atoms in total. The van der Waals surface area contributed by atoms with Gasteiger partial charge < -0.3 is 23.9 Å². The van der Waals surface area contributed by atoms with Crippen molar-refractivity contribution >= 4 is 41.9 Å². The Labute approximate surface area is 338 Å². The predicted octanol–water partition coefficient (Wildman–Crippen LogP) is 8.01. The lowest BCUT2D eigenvalue weighted by Gasteiger charge is -2.47. The number of rotatable bonds is 7. The summed E-state index contributed by atoms with van der Waals surface area (Å²) in [6.07, 6.45) is 7.27. The van der Waals surface area contributed by atoms with Crippen molar-refractivity contribution in [1.82, 2.24) is 24.8 Å². The molecular formula is C44H50F2N6O5Si. The van der Waals surface area contributed by atoms with E-state index in [1.54, 1.807) is 24.3 Å². The maximum absolute atomic E-state index is 17.5. The first-order valence-corrected chi connectivity index (χ1v) is 23.2. The van der Waals surface area contributed by atoms with Crippen molar-refractivity contribution < 1.29 is 32.6 Å². The Kier molecular flexibility index (Phi) is 9.07. The van der Waals surface area contributed by atoms with E-state index in [9.17, 15) is 9.90 Å². The third kappa shape index (κ3) is 5.86. The maximum Gasteiger partial charge on any atom is 0.407 e. The summed E-state index contributed by atoms with van der Waals surface area (Å²) in [4.78, 5) is 33.2. The van der Waals surface area contributed by atoms with E-state index in [-0.39, 0.29) is 63.2 Å². The molecule has 304 valence electrons. The summed E-state index contributed by atoms with van der Waals surface area (Å²) < 4.78 is 52.9. The van der Waals surface area contributed by atoms with Crippen LogP contribution in [-0.4, -0.2) is 107 Å². The average molecular weight is 809 g/mol. The summed E-state index contributed by atoms with van der Waals surface area (Å²) in [5.41, 5.74) is 0.815. The molecule has 0 aliphatic carbocycles. The molecule has 1 N–H and O–H groups in total. The van der Waals surface area contributed by atoms with Crippen molar-refractivity contribution in [2.24, 2.45) is 5.92 Å². The van der Waals surface area contributed by atoms with Gasteiger partial charge in [0.25, 0.3) is 0 Å². The minimum atomic E-state index is -2.05. The van der Waals surface area contributed by atoms with Crippen LogP contribution >= 0.6 is 0 Å². The lowest BCUT2D eigenvalue weighted by molar-refractivity contribution is 0.0524. The number of aromatic nitrogens is 3. The number of anilines is 1. The minimum absolute atomic E-state index is 0.00511. The number of terminal acetylenes is 1. The first kappa shape index (κ1) is 38.7. The largest absolute Gasteiger partial charge is 0.472 e. The number of nitrogens with zero attached hydrogens (tertiary/aromatic N) is 6. The van der Waals surface area contributed by atoms with Gasteiger partial charge in [-0.25, -0.2) is 18.6 Å². The van der Waals surface area contributed by atoms with Gasteiger partial charge in [-0.1, -0.05) is 63.1 Å². The van der Waals surface area contributed by atoms with E-state index >= 15 is 8.78 Å². The van der Waals surface area contributed by atoms with Crippen LogP contribution in [0.5, 0.6) is 11.9 Å². The Morgan fingerprint density at radius 3 is 2.67 bits per heavy atom. The molecule has 6 atom stereocenters. The van der Waals surface area contributed by atoms with Gasteiger partial charge in [-0.3, -0.25) is 9.80 Å². The quantitative estimate of drug-likeness (QED) is 0.112. The number of piperazine rings is 1. The van der Waals surface area contributed by atoms with Crippen molar-refractivity contribution in [1.29, 1.82) is 0 Å². The third-order valence-electron chi connectivity index (χ3n) is 14.1. The Morgan fingerprint density at radius 1 is 1.14 bits per heavy atom. The summed E-state index contributed by atoms with van der Waals surface area (Å²) in [6, 6.07) is 6.93. The zero-order valence-electron chi connectivity index (χ0n) is 33.9. The first-order valence-electron chi connectivity index (χ1n) is 20.3. The zero-order valence-corrected chi connectivity index (χ0v) is 34.9. The number of amides is 1. The molecule has 1 amide bonds. The molecule has 4 aromatic rings. The number of hydrogen-bond acceptors (Lipinski definition) is 9. The molecular weight excluding hydrogens is 759 g/mol. The maximum atomic E-state index is 17.5. The molecule has 5 aliphatic rings. The van der Waals surface area contributed by atoms with Crippen molar-refractivity contribution in [3.8, 4) is 35.5 Å². The molecule has 14 heteroatoms. The number of benzene rings is 2. The highest BCUT2D eigenvalue weighted by molar-refractivity contribution is 6.74. The van der Waals surface area contributed by atoms with Gasteiger partial charge in [0.15, 0.2) is 14.1 Å². The highest BCUT2D eigenvalue weighted by Gasteiger charge is 2.55. The molecule has 9 rings (SSSR count). The van der Waals surface area contributed by atoms with Crippen molar-refractivity contribution in [3.63, 3.8) is 0 Å². The van der Waals surface area contributed by atoms with E-state index in [1.165, 1.54) is 11.0 Å². The standard InChI is InChI=1S/C44H50F2N6O5Si/c1-9-29-31(45)15-13-26-11-10-12-30(33(26)29)36-35(46)37-34-39(51-21-28-14-16-32(52(28)42(53)54)38(51)25(3)57-40(34)47-36)49-41(48-37)55-23-44-19-24(2)20-50(44)18-17-27(44)22-56-58(7,8)43(4,5)6/h1,10-13,15,25,27-28,32,38H,2,14,16-23H2,3-8H3,(H,53,54). The highest BCUT2D eigenvalue weighted by atomic mass is 28.4. The highest BCUT2D eigenvalue weighted by Crippen LogP contribution is 2.49. The molecule has 0 radical (unpaired) electrons. The lowest BCUT2D eigenvalue weighted by Crippen LogP contribution is -2.64. The zero-order chi connectivity index (χ0) is 41.1. The van der Waals surface area contributed by atoms with Crippen LogP contribution in [0.25, 0.3) is 32.9 Å². The minimum Gasteiger partial charge on any atom is -0.472 e. The second kappa shape index (κ2) is 13.6. The van der Waals surface area contributed by atoms with Gasteiger partial charge in [-0.2, -0.15) is 9.97 Å². The summed E-state index contributed by atoms with van der Waals surface area (Å²) >= 11 is 0. The molecule has 6 unspecified atom stereocenters. The van der Waals surface area contributed by atoms with Crippen molar-refractivity contribution in [2.75, 3.05) is 37.7 Å². The molecule has 4 fully saturated rings. The van der Waals surface area contributed by atoms with E-state index in [0.717, 1.165) is 31.5 Å². The van der Waals surface area contributed by atoms with E-state index in [2.05, 4.69) is 56.2 Å². The van der Waals surface area contributed by atoms with Gasteiger partial charge in [0, 0.05) is 36.6 Å². The van der Waals surface area contributed by atoms with E-state index in [4.69, 9.17) is 35.3 Å². The molecule has 2 bridgehead atoms. The van der Waals surface area contributed by atoms with Crippen LogP contribution in [0.3, 0.4) is 0 Å². The second-order valence-corrected chi connectivity index (χ2v) is 23.2. The van der Waals surface area contributed by atoms with Crippen LogP contribution in [0.2, 0.25) is 18.1 Å². The number of fused-ring (bicyclic) bond motifs is 7. The molecule has 0 saturated carbocycles. The Hall–Kier alpha value is -4.84. The van der Waals surface area contributed by atoms with Crippen LogP contribution in [-0.2, 0) is 4.43 Å². The normalized spacial score (nSPS) is 26.7. The molecule has 0 spiro atoms. The van der Waals surface area contributed by atoms with Crippen LogP contribution in [0, 0.1) is 29.9 Å². The Balaban J connectivity index is 1.19. The van der Waals surface area contributed by atoms with Gasteiger partial charge >= 0.3 is 12.1 Å². The summed E-state index contributed by atoms with van der Waals surface area (Å²) in [6.45, 7) is 20.3. The van der Waals surface area contributed by atoms with Gasteiger partial charge in [0.2, 0.25) is 5.88 Å². The summed E-state index contributed by atoms with van der Waals surface area (Å²) in [5.74, 6) is 1.73. The van der Waals surface area contributed by atoms with Crippen molar-refractivity contribution in [3.05, 3.63) is 59.7 Å². The molecule has 2 aromatic carbocycles. The SMILES string of the molecule is C#Cc1c(F)ccc2cccc(-c3nc4c5c(nc(OCC67CC(=C)CN6CCC7CO[Si](C)(C)C(C)(C)C)nc5c3F)N3CC5CCC(C3C(C)O4)N5C(=O)O)c12. The Morgan fingerprint density at radius 2 is 1.93 bits per heavy atom. The average Bonchev–Trinajstić information content (AvgIpc) is 3.76. The third-order valence-corrected chi connectivity index (χ3v) is 18.6. The topological polar surface area (TPSA) is 113 Å². The van der Waals surface area contributed by atoms with Crippen LogP contribution in [0.15, 0.2) is 42.5 Å². The van der Waals surface area contributed by atoms with Gasteiger partial charge in [-0.05, 0) is 68.7 Å². The number of carboxylic acid groups (broad SMARTS) is 1. The number of pyridine rings is 1. The molecule has 7 heterocycles. The number of hydrogen-bond donors (Lipinski definition) is 1. The van der Waals surface area contributed by atoms with E-state index in [0.29, 0.717) is 42.6 Å². The van der Waals surface area contributed by atoms with Crippen molar-refractivity contribution in [2.45, 2.75) is 101 Å². The van der Waals surface area contributed by atoms with Gasteiger partial charge in [-0.15, -0.1) is 6.42 Å². The van der Waals surface area contributed by atoms with Crippen LogP contribution < -0.4 is 14.4 Å². The molecule has 2 aromatic heterocycles. The van der Waals surface area contributed by atoms with Gasteiger partial charge in [0.1, 0.15) is 40.9 Å². The fourth-order valence-corrected chi connectivity index (χ4v) is 11.2. The molecule has 5 aliphatic heterocycles. The van der Waals surface area contributed by atoms with Gasteiger partial charge in [0.05, 0.1) is 29.2 Å². The Bertz CT molecular complexity index is 2430. The fraction of sp³-hybridized carbons (Fsp3) is 0.500. The van der Waals surface area contributed by atoms with Crippen LogP contribution in [0.4, 0.5) is 19.4 Å². The number of halogens is 2. The molecule has 58 heavy (non-hydrogen) atoms. The van der Waals surface area contributed by atoms with E-state index in [1.807, 2.05) is 6.92 Å². The summed E-state index contributed by atoms with van der Waals surface area (Å²) in [5, 5.41) is 11.6. The molecule has 4 saturated heterocycles. The summed E-state index contributed by atoms with van der Waals surface area (Å²) in [7, 11) is -2.05. The van der Waals surface area contributed by atoms with E-state index < -0.39 is 49.8 Å². The number of ether oxygens (including phenoxy) is 2. The second-order valence-electron chi connectivity index (χ2n) is 18.4. The number of carbonyl (C=O) groups is 1. The smallest absolute Gasteiger partial charge is 0.407 e. The fourth-order valence-electron chi connectivity index (χ4n) is 10.2.